The molecule has 1 unspecified atom stereocenters. The Balaban J connectivity index is 2.74. The van der Waals surface area contributed by atoms with Crippen molar-refractivity contribution >= 4 is 17.7 Å². The Labute approximate surface area is 124 Å². The highest BCUT2D eigenvalue weighted by Crippen LogP contribution is 2.06. The Bertz CT molecular complexity index is 496. The van der Waals surface area contributed by atoms with Gasteiger partial charge in [0.05, 0.1) is 6.10 Å². The van der Waals surface area contributed by atoms with Gasteiger partial charge < -0.3 is 14.8 Å². The van der Waals surface area contributed by atoms with Crippen LogP contribution in [0.5, 0.6) is 0 Å². The molecule has 0 saturated heterocycles. The van der Waals surface area contributed by atoms with E-state index in [1.54, 1.807) is 44.2 Å². The molecular weight excluding hydrogens is 270 g/mol. The molecule has 0 radical (unpaired) electrons. The molecule has 1 amide bonds. The van der Waals surface area contributed by atoms with Crippen LogP contribution in [0.15, 0.2) is 30.3 Å². The number of carbonyl (C=O) groups is 3. The zero-order valence-electron chi connectivity index (χ0n) is 12.6. The first kappa shape index (κ1) is 16.9. The summed E-state index contributed by atoms with van der Waals surface area (Å²) in [5, 5.41) is 2.63. The van der Waals surface area contributed by atoms with Gasteiger partial charge in [0.25, 0.3) is 5.91 Å². The van der Waals surface area contributed by atoms with Crippen LogP contribution in [0.2, 0.25) is 0 Å². The molecule has 0 saturated carbocycles. The van der Waals surface area contributed by atoms with E-state index in [-0.39, 0.29) is 30.6 Å². The monoisotopic (exact) mass is 291 g/mol. The average molecular weight is 291 g/mol. The highest BCUT2D eigenvalue weighted by molar-refractivity contribution is 5.96. The average Bonchev–Trinajstić information content (AvgIpc) is 2.43. The lowest BCUT2D eigenvalue weighted by Gasteiger charge is -2.18. The summed E-state index contributed by atoms with van der Waals surface area (Å²) in [6.07, 6.45) is 0.179. The van der Waals surface area contributed by atoms with E-state index in [0.29, 0.717) is 5.56 Å². The summed E-state index contributed by atoms with van der Waals surface area (Å²) < 4.78 is 5.12. The van der Waals surface area contributed by atoms with Gasteiger partial charge >= 0.3 is 5.97 Å². The third-order valence-electron chi connectivity index (χ3n) is 2.76. The third kappa shape index (κ3) is 6.21. The molecule has 1 aromatic carbocycles. The number of ether oxygens (including phenoxy) is 1. The largest absolute Gasteiger partial charge is 0.461 e. The number of hydrogen-bond donors (Lipinski definition) is 1. The molecule has 5 nitrogen and oxygen atoms in total. The Morgan fingerprint density at radius 1 is 1.14 bits per heavy atom. The fourth-order valence-electron chi connectivity index (χ4n) is 1.74. The first-order chi connectivity index (χ1) is 9.90. The maximum Gasteiger partial charge on any atom is 0.328 e. The quantitative estimate of drug-likeness (QED) is 0.781. The molecule has 0 spiro atoms. The number of hydrogen-bond acceptors (Lipinski definition) is 4. The number of ketones is 1. The second kappa shape index (κ2) is 8.19. The van der Waals surface area contributed by atoms with Crippen molar-refractivity contribution in [2.75, 3.05) is 0 Å². The predicted octanol–water partition coefficient (Wildman–Crippen LogP) is 2.11. The van der Waals surface area contributed by atoms with E-state index in [1.807, 2.05) is 0 Å². The molecular formula is C16H21NO4. The summed E-state index contributed by atoms with van der Waals surface area (Å²) in [5.74, 6) is -0.910. The van der Waals surface area contributed by atoms with Crippen molar-refractivity contribution in [3.05, 3.63) is 35.9 Å². The molecule has 0 aliphatic carbocycles. The van der Waals surface area contributed by atoms with Crippen LogP contribution in [-0.4, -0.2) is 29.8 Å². The maximum atomic E-state index is 12.1. The molecule has 0 fully saturated rings. The van der Waals surface area contributed by atoms with Gasteiger partial charge in [0, 0.05) is 12.0 Å². The summed E-state index contributed by atoms with van der Waals surface area (Å²) in [6, 6.07) is 7.79. The van der Waals surface area contributed by atoms with Gasteiger partial charge in [-0.3, -0.25) is 4.79 Å². The van der Waals surface area contributed by atoms with E-state index in [9.17, 15) is 14.4 Å². The van der Waals surface area contributed by atoms with Crippen LogP contribution in [-0.2, 0) is 14.3 Å². The molecule has 114 valence electrons. The van der Waals surface area contributed by atoms with E-state index in [1.165, 1.54) is 6.92 Å². The zero-order chi connectivity index (χ0) is 15.8. The first-order valence-corrected chi connectivity index (χ1v) is 6.96. The lowest BCUT2D eigenvalue weighted by molar-refractivity contribution is -0.149. The summed E-state index contributed by atoms with van der Waals surface area (Å²) in [7, 11) is 0. The van der Waals surface area contributed by atoms with Gasteiger partial charge in [-0.2, -0.15) is 0 Å². The summed E-state index contributed by atoms with van der Waals surface area (Å²) in [5.41, 5.74) is 0.461. The van der Waals surface area contributed by atoms with E-state index in [2.05, 4.69) is 5.32 Å². The van der Waals surface area contributed by atoms with Gasteiger partial charge in [-0.25, -0.2) is 4.79 Å². The highest BCUT2D eigenvalue weighted by atomic mass is 16.5. The molecule has 21 heavy (non-hydrogen) atoms. The van der Waals surface area contributed by atoms with Crippen molar-refractivity contribution in [1.29, 1.82) is 0 Å². The van der Waals surface area contributed by atoms with Crippen LogP contribution in [0.3, 0.4) is 0 Å². The van der Waals surface area contributed by atoms with E-state index < -0.39 is 12.0 Å². The number of Topliss-reactive ketones (excluding diaryl/α,β-unsaturated/α-hetero) is 1. The van der Waals surface area contributed by atoms with Gasteiger partial charge in [-0.1, -0.05) is 18.2 Å². The van der Waals surface area contributed by atoms with Crippen LogP contribution in [0.4, 0.5) is 0 Å². The fraction of sp³-hybridized carbons (Fsp3) is 0.438. The van der Waals surface area contributed by atoms with E-state index in [4.69, 9.17) is 4.74 Å². The lowest BCUT2D eigenvalue weighted by atomic mass is 10.1. The molecule has 1 atom stereocenters. The first-order valence-electron chi connectivity index (χ1n) is 6.96. The van der Waals surface area contributed by atoms with Crippen LogP contribution < -0.4 is 5.32 Å². The molecule has 5 heteroatoms. The predicted molar refractivity (Wildman–Crippen MR) is 78.8 cm³/mol. The number of nitrogens with one attached hydrogen (secondary N) is 1. The summed E-state index contributed by atoms with van der Waals surface area (Å²) in [6.45, 7) is 4.92. The smallest absolute Gasteiger partial charge is 0.328 e. The second-order valence-electron chi connectivity index (χ2n) is 5.12. The highest BCUT2D eigenvalue weighted by Gasteiger charge is 2.23. The van der Waals surface area contributed by atoms with Crippen LogP contribution >= 0.6 is 0 Å². The van der Waals surface area contributed by atoms with Crippen molar-refractivity contribution in [2.45, 2.75) is 45.8 Å². The van der Waals surface area contributed by atoms with Gasteiger partial charge in [0.2, 0.25) is 0 Å². The molecule has 1 rings (SSSR count). The molecule has 1 aromatic rings. The number of carbonyl (C=O) groups excluding carboxylic acids is 3. The minimum absolute atomic E-state index is 0.0358. The Morgan fingerprint density at radius 2 is 1.76 bits per heavy atom. The fourth-order valence-corrected chi connectivity index (χ4v) is 1.74. The molecule has 0 aromatic heterocycles. The van der Waals surface area contributed by atoms with Crippen molar-refractivity contribution in [1.82, 2.24) is 5.32 Å². The number of amides is 1. The second-order valence-corrected chi connectivity index (χ2v) is 5.12. The van der Waals surface area contributed by atoms with Crippen molar-refractivity contribution in [2.24, 2.45) is 0 Å². The molecule has 0 heterocycles. The minimum Gasteiger partial charge on any atom is -0.461 e. The summed E-state index contributed by atoms with van der Waals surface area (Å²) >= 11 is 0. The van der Waals surface area contributed by atoms with Crippen LogP contribution in [0.1, 0.15) is 44.0 Å². The minimum atomic E-state index is -0.816. The topological polar surface area (TPSA) is 72.5 Å². The van der Waals surface area contributed by atoms with Crippen molar-refractivity contribution in [3.8, 4) is 0 Å². The SMILES string of the molecule is CC(=O)CCC(NC(=O)c1ccccc1)C(=O)OC(C)C. The van der Waals surface area contributed by atoms with Crippen molar-refractivity contribution < 1.29 is 19.1 Å². The van der Waals surface area contributed by atoms with Gasteiger partial charge in [-0.05, 0) is 39.3 Å². The maximum absolute atomic E-state index is 12.1. The van der Waals surface area contributed by atoms with Crippen LogP contribution in [0.25, 0.3) is 0 Å². The molecule has 0 aliphatic heterocycles. The lowest BCUT2D eigenvalue weighted by Crippen LogP contribution is -2.42. The van der Waals surface area contributed by atoms with Gasteiger partial charge in [0.1, 0.15) is 11.8 Å². The number of esters is 1. The Hall–Kier alpha value is -2.17. The van der Waals surface area contributed by atoms with Gasteiger partial charge in [-0.15, -0.1) is 0 Å². The van der Waals surface area contributed by atoms with Gasteiger partial charge in [0.15, 0.2) is 0 Å². The van der Waals surface area contributed by atoms with E-state index >= 15 is 0 Å². The number of benzene rings is 1. The normalized spacial score (nSPS) is 11.8. The number of rotatable bonds is 7. The van der Waals surface area contributed by atoms with Crippen molar-refractivity contribution in [3.63, 3.8) is 0 Å². The molecule has 0 aliphatic rings. The molecule has 1 N–H and O–H groups in total. The molecule has 0 bridgehead atoms. The third-order valence-corrected chi connectivity index (χ3v) is 2.76. The standard InChI is InChI=1S/C16H21NO4/c1-11(2)21-16(20)14(10-9-12(3)18)17-15(19)13-7-5-4-6-8-13/h4-8,11,14H,9-10H2,1-3H3,(H,17,19). The Morgan fingerprint density at radius 3 is 2.29 bits per heavy atom. The Kier molecular flexibility index (Phi) is 6.59. The van der Waals surface area contributed by atoms with E-state index in [0.717, 1.165) is 0 Å². The van der Waals surface area contributed by atoms with Crippen LogP contribution in [0, 0.1) is 0 Å². The summed E-state index contributed by atoms with van der Waals surface area (Å²) in [4.78, 5) is 35.2. The zero-order valence-corrected chi connectivity index (χ0v) is 12.6.